The molecule has 60 heavy (non-hydrogen) atoms. The molecule has 0 saturated heterocycles. The first kappa shape index (κ1) is 35.5. The molecule has 0 amide bonds. The van der Waals surface area contributed by atoms with Crippen molar-refractivity contribution in [1.82, 2.24) is 24.1 Å². The Balaban J connectivity index is 1.22. The molecule has 286 valence electrons. The lowest BCUT2D eigenvalue weighted by molar-refractivity contribution is 1.13. The van der Waals surface area contributed by atoms with Crippen molar-refractivity contribution in [3.05, 3.63) is 198 Å². The molecule has 0 fully saturated rings. The van der Waals surface area contributed by atoms with E-state index in [9.17, 15) is 0 Å². The van der Waals surface area contributed by atoms with Crippen LogP contribution in [0.1, 0.15) is 22.3 Å². The molecule has 0 unspecified atom stereocenters. The highest BCUT2D eigenvalue weighted by Crippen LogP contribution is 2.42. The lowest BCUT2D eigenvalue weighted by Crippen LogP contribution is -2.03. The average Bonchev–Trinajstić information content (AvgIpc) is 3.77. The zero-order valence-corrected chi connectivity index (χ0v) is 34.0. The minimum absolute atomic E-state index is 0.665. The largest absolute Gasteiger partial charge is 0.309 e. The summed E-state index contributed by atoms with van der Waals surface area (Å²) in [7, 11) is 0. The molecule has 0 radical (unpaired) electrons. The van der Waals surface area contributed by atoms with Gasteiger partial charge >= 0.3 is 0 Å². The lowest BCUT2D eigenvalue weighted by Gasteiger charge is -2.19. The van der Waals surface area contributed by atoms with Gasteiger partial charge in [-0.1, -0.05) is 119 Å². The molecule has 0 saturated carbocycles. The molecule has 11 aromatic rings. The van der Waals surface area contributed by atoms with Crippen LogP contribution < -0.4 is 0 Å². The van der Waals surface area contributed by atoms with E-state index in [1.54, 1.807) is 0 Å². The van der Waals surface area contributed by atoms with E-state index >= 15 is 0 Å². The van der Waals surface area contributed by atoms with Gasteiger partial charge in [-0.15, -0.1) is 0 Å². The van der Waals surface area contributed by atoms with Crippen LogP contribution in [0, 0.1) is 27.7 Å². The summed E-state index contributed by atoms with van der Waals surface area (Å²) in [5.41, 5.74) is 18.5. The molecule has 0 aliphatic carbocycles. The maximum absolute atomic E-state index is 5.28. The van der Waals surface area contributed by atoms with Crippen LogP contribution in [0.15, 0.2) is 176 Å². The van der Waals surface area contributed by atoms with E-state index in [2.05, 4.69) is 188 Å². The quantitative estimate of drug-likeness (QED) is 0.169. The van der Waals surface area contributed by atoms with Crippen molar-refractivity contribution in [2.75, 3.05) is 0 Å². The molecule has 0 aliphatic heterocycles. The molecular weight excluding hydrogens is 731 g/mol. The molecule has 4 aromatic heterocycles. The van der Waals surface area contributed by atoms with E-state index in [0.717, 1.165) is 72.6 Å². The van der Waals surface area contributed by atoms with Gasteiger partial charge in [0.05, 0.1) is 51.0 Å². The molecule has 0 spiro atoms. The second-order valence-corrected chi connectivity index (χ2v) is 16.1. The molecule has 5 nitrogen and oxygen atoms in total. The topological polar surface area (TPSA) is 48.5 Å². The van der Waals surface area contributed by atoms with Gasteiger partial charge in [-0.3, -0.25) is 4.98 Å². The fourth-order valence-corrected chi connectivity index (χ4v) is 8.99. The van der Waals surface area contributed by atoms with Gasteiger partial charge < -0.3 is 9.13 Å². The van der Waals surface area contributed by atoms with Gasteiger partial charge in [0.25, 0.3) is 0 Å². The summed E-state index contributed by atoms with van der Waals surface area (Å²) in [4.78, 5) is 15.3. The van der Waals surface area contributed by atoms with Gasteiger partial charge in [0.15, 0.2) is 5.82 Å². The highest BCUT2D eigenvalue weighted by Gasteiger charge is 2.22. The third-order valence-electron chi connectivity index (χ3n) is 11.8. The van der Waals surface area contributed by atoms with Crippen LogP contribution in [-0.4, -0.2) is 24.1 Å². The summed E-state index contributed by atoms with van der Waals surface area (Å²) >= 11 is 0. The Morgan fingerprint density at radius 2 is 0.800 bits per heavy atom. The van der Waals surface area contributed by atoms with E-state index in [-0.39, 0.29) is 0 Å². The van der Waals surface area contributed by atoms with E-state index in [0.29, 0.717) is 5.82 Å². The molecule has 4 heterocycles. The van der Waals surface area contributed by atoms with Gasteiger partial charge in [-0.2, -0.15) is 0 Å². The molecule has 11 rings (SSSR count). The highest BCUT2D eigenvalue weighted by atomic mass is 15.0. The zero-order chi connectivity index (χ0) is 40.5. The number of nitrogens with zero attached hydrogens (tertiary/aromatic N) is 5. The summed E-state index contributed by atoms with van der Waals surface area (Å²) < 4.78 is 4.82. The van der Waals surface area contributed by atoms with E-state index in [1.807, 2.05) is 24.5 Å². The summed E-state index contributed by atoms with van der Waals surface area (Å²) in [5.74, 6) is 0.665. The zero-order valence-electron chi connectivity index (χ0n) is 34.0. The SMILES string of the molecule is Cc1ccc2c(c1)c1cc(C)ccc1n2-c1cnccc1-c1ccc(-c2nc(-c3ccccc3)cc(-c3ccccc3)n2)cc1-n1c2ccc(C)cc2c2cc(C)ccc21. The van der Waals surface area contributed by atoms with Gasteiger partial charge in [-0.25, -0.2) is 9.97 Å². The van der Waals surface area contributed by atoms with Crippen molar-refractivity contribution in [2.24, 2.45) is 0 Å². The predicted molar refractivity (Wildman–Crippen MR) is 249 cm³/mol. The average molecular weight is 772 g/mol. The van der Waals surface area contributed by atoms with Crippen LogP contribution in [0.2, 0.25) is 0 Å². The first-order chi connectivity index (χ1) is 29.4. The Labute approximate surface area is 348 Å². The predicted octanol–water partition coefficient (Wildman–Crippen LogP) is 14.0. The Hall–Kier alpha value is -7.63. The molecule has 7 aromatic carbocycles. The number of rotatable bonds is 6. The van der Waals surface area contributed by atoms with E-state index in [4.69, 9.17) is 15.0 Å². The highest BCUT2D eigenvalue weighted by molar-refractivity contribution is 6.12. The van der Waals surface area contributed by atoms with Crippen molar-refractivity contribution in [3.63, 3.8) is 0 Å². The molecule has 0 bridgehead atoms. The van der Waals surface area contributed by atoms with Crippen LogP contribution in [-0.2, 0) is 0 Å². The van der Waals surface area contributed by atoms with Gasteiger partial charge in [-0.05, 0) is 94.4 Å². The maximum Gasteiger partial charge on any atom is 0.160 e. The Morgan fingerprint density at radius 3 is 1.27 bits per heavy atom. The van der Waals surface area contributed by atoms with Crippen LogP contribution in [0.5, 0.6) is 0 Å². The number of benzene rings is 7. The third-order valence-corrected chi connectivity index (χ3v) is 11.8. The molecule has 0 N–H and O–H groups in total. The maximum atomic E-state index is 5.28. The first-order valence-electron chi connectivity index (χ1n) is 20.5. The van der Waals surface area contributed by atoms with Crippen molar-refractivity contribution in [2.45, 2.75) is 27.7 Å². The van der Waals surface area contributed by atoms with Crippen molar-refractivity contribution >= 4 is 43.6 Å². The van der Waals surface area contributed by atoms with E-state index < -0.39 is 0 Å². The number of hydrogen-bond donors (Lipinski definition) is 0. The number of pyridine rings is 1. The molecule has 0 atom stereocenters. The second-order valence-electron chi connectivity index (χ2n) is 16.1. The van der Waals surface area contributed by atoms with Crippen molar-refractivity contribution in [1.29, 1.82) is 0 Å². The van der Waals surface area contributed by atoms with Crippen LogP contribution >= 0.6 is 0 Å². The monoisotopic (exact) mass is 771 g/mol. The number of hydrogen-bond acceptors (Lipinski definition) is 3. The minimum Gasteiger partial charge on any atom is -0.309 e. The Morgan fingerprint density at radius 1 is 0.367 bits per heavy atom. The van der Waals surface area contributed by atoms with Gasteiger partial charge in [0.2, 0.25) is 0 Å². The normalized spacial score (nSPS) is 11.7. The van der Waals surface area contributed by atoms with Gasteiger partial charge in [0.1, 0.15) is 0 Å². The fourth-order valence-electron chi connectivity index (χ4n) is 8.99. The molecule has 5 heteroatoms. The number of fused-ring (bicyclic) bond motifs is 6. The number of aromatic nitrogens is 5. The Bertz CT molecular complexity index is 3290. The summed E-state index contributed by atoms with van der Waals surface area (Å²) in [5, 5.41) is 4.91. The standard InChI is InChI=1S/C55H41N5/c1-34-15-21-49-43(27-34)44-28-35(2)16-22-50(44)59(49)53-31-40(55-57-47(38-11-7-5-8-12-38)32-48(58-55)39-13-9-6-10-14-39)19-20-41(53)42-25-26-56-33-54(42)60-51-23-17-36(3)29-45(51)46-30-37(4)18-24-52(46)60/h5-33H,1-4H3. The van der Waals surface area contributed by atoms with E-state index in [1.165, 1.54) is 43.8 Å². The molecular formula is C55H41N5. The fraction of sp³-hybridized carbons (Fsp3) is 0.0727. The van der Waals surface area contributed by atoms with Gasteiger partial charge in [0, 0.05) is 55.6 Å². The first-order valence-corrected chi connectivity index (χ1v) is 20.5. The lowest BCUT2D eigenvalue weighted by atomic mass is 9.99. The van der Waals surface area contributed by atoms with Crippen molar-refractivity contribution < 1.29 is 0 Å². The summed E-state index contributed by atoms with van der Waals surface area (Å²) in [6, 6.07) is 58.9. The second kappa shape index (κ2) is 14.0. The van der Waals surface area contributed by atoms with Crippen LogP contribution in [0.4, 0.5) is 0 Å². The van der Waals surface area contributed by atoms with Crippen LogP contribution in [0.3, 0.4) is 0 Å². The van der Waals surface area contributed by atoms with Crippen molar-refractivity contribution in [3.8, 4) is 56.4 Å². The minimum atomic E-state index is 0.665. The number of aryl methyl sites for hydroxylation is 4. The molecule has 0 aliphatic rings. The van der Waals surface area contributed by atoms with Crippen LogP contribution in [0.25, 0.3) is 100 Å². The third kappa shape index (κ3) is 5.89. The Kier molecular flexibility index (Phi) is 8.31. The summed E-state index contributed by atoms with van der Waals surface area (Å²) in [6.07, 6.45) is 3.93. The smallest absolute Gasteiger partial charge is 0.160 e. The summed E-state index contributed by atoms with van der Waals surface area (Å²) in [6.45, 7) is 8.67.